The molecule has 1 fully saturated rings. The van der Waals surface area contributed by atoms with Crippen LogP contribution in [0.15, 0.2) is 63.5 Å². The van der Waals surface area contributed by atoms with E-state index in [4.69, 9.17) is 8.94 Å². The number of hydrogen-bond acceptors (Lipinski definition) is 7. The number of rotatable bonds is 5. The number of benzene rings is 2. The summed E-state index contributed by atoms with van der Waals surface area (Å²) in [5, 5.41) is 12.6. The summed E-state index contributed by atoms with van der Waals surface area (Å²) in [4.78, 5) is 16.4. The number of amides is 1. The molecule has 0 saturated carbocycles. The molecule has 4 aromatic rings. The topological polar surface area (TPSA) is 88.5 Å². The van der Waals surface area contributed by atoms with Gasteiger partial charge in [-0.25, -0.2) is 4.39 Å². The van der Waals surface area contributed by atoms with Gasteiger partial charge in [0.15, 0.2) is 0 Å². The number of halogens is 1. The van der Waals surface area contributed by atoms with E-state index in [2.05, 4.69) is 20.3 Å². The molecule has 0 spiro atoms. The number of carbonyl (C=O) groups excluding carboxylic acids is 1. The highest BCUT2D eigenvalue weighted by Gasteiger charge is 2.26. The Balaban J connectivity index is 1.25. The average Bonchev–Trinajstić information content (AvgIpc) is 3.46. The maximum absolute atomic E-state index is 13.9. The van der Waals surface area contributed by atoms with Crippen molar-refractivity contribution in [1.82, 2.24) is 25.2 Å². The Kier molecular flexibility index (Phi) is 5.70. The van der Waals surface area contributed by atoms with E-state index >= 15 is 0 Å². The van der Waals surface area contributed by atoms with Gasteiger partial charge in [-0.05, 0) is 19.1 Å². The molecule has 0 atom stereocenters. The van der Waals surface area contributed by atoms with Crippen LogP contribution >= 0.6 is 0 Å². The van der Waals surface area contributed by atoms with Crippen molar-refractivity contribution in [2.24, 2.45) is 0 Å². The van der Waals surface area contributed by atoms with Gasteiger partial charge < -0.3 is 13.8 Å². The number of nitrogens with zero attached hydrogens (tertiary/aromatic N) is 5. The fourth-order valence-electron chi connectivity index (χ4n) is 3.94. The third-order valence-electron chi connectivity index (χ3n) is 5.71. The molecule has 9 heteroatoms. The van der Waals surface area contributed by atoms with Crippen molar-refractivity contribution in [2.75, 3.05) is 26.2 Å². The van der Waals surface area contributed by atoms with Gasteiger partial charge >= 0.3 is 0 Å². The molecule has 1 amide bonds. The molecule has 1 saturated heterocycles. The Hall–Kier alpha value is -3.85. The van der Waals surface area contributed by atoms with Crippen molar-refractivity contribution in [1.29, 1.82) is 0 Å². The van der Waals surface area contributed by atoms with Gasteiger partial charge in [-0.15, -0.1) is 10.2 Å². The van der Waals surface area contributed by atoms with Crippen LogP contribution < -0.4 is 0 Å². The van der Waals surface area contributed by atoms with Crippen LogP contribution in [0, 0.1) is 12.7 Å². The van der Waals surface area contributed by atoms with Gasteiger partial charge in [-0.3, -0.25) is 9.69 Å². The normalized spacial score (nSPS) is 14.5. The second-order valence-electron chi connectivity index (χ2n) is 7.88. The minimum atomic E-state index is -0.498. The first-order valence-corrected chi connectivity index (χ1v) is 10.7. The molecule has 8 nitrogen and oxygen atoms in total. The lowest BCUT2D eigenvalue weighted by molar-refractivity contribution is 0.0614. The fraction of sp³-hybridized carbons (Fsp3) is 0.250. The van der Waals surface area contributed by atoms with Crippen LogP contribution in [0.1, 0.15) is 22.0 Å². The average molecular weight is 447 g/mol. The zero-order valence-electron chi connectivity index (χ0n) is 18.1. The Bertz CT molecular complexity index is 1260. The van der Waals surface area contributed by atoms with E-state index in [1.165, 1.54) is 12.1 Å². The molecular weight excluding hydrogens is 425 g/mol. The Morgan fingerprint density at radius 3 is 2.48 bits per heavy atom. The predicted octanol–water partition coefficient (Wildman–Crippen LogP) is 3.80. The monoisotopic (exact) mass is 447 g/mol. The van der Waals surface area contributed by atoms with Gasteiger partial charge in [0.1, 0.15) is 22.8 Å². The van der Waals surface area contributed by atoms with E-state index in [0.717, 1.165) is 5.56 Å². The van der Waals surface area contributed by atoms with Gasteiger partial charge in [-0.1, -0.05) is 47.6 Å². The van der Waals surface area contributed by atoms with Crippen LogP contribution in [0.2, 0.25) is 0 Å². The molecule has 33 heavy (non-hydrogen) atoms. The largest absolute Gasteiger partial charge is 0.419 e. The number of piperazine rings is 1. The lowest BCUT2D eigenvalue weighted by Gasteiger charge is -2.34. The van der Waals surface area contributed by atoms with E-state index < -0.39 is 5.82 Å². The van der Waals surface area contributed by atoms with Crippen molar-refractivity contribution in [3.8, 4) is 22.7 Å². The van der Waals surface area contributed by atoms with E-state index in [0.29, 0.717) is 61.5 Å². The standard InChI is InChI=1S/C24H22FN5O3/c1-16-21(22(28-33-16)17-7-3-2-4-8-17)23-27-26-20(32-23)15-29-11-13-30(14-12-29)24(31)18-9-5-6-10-19(18)25/h2-10H,11-15H2,1H3. The summed E-state index contributed by atoms with van der Waals surface area (Å²) < 4.78 is 25.3. The summed E-state index contributed by atoms with van der Waals surface area (Å²) in [6.07, 6.45) is 0. The molecule has 2 aromatic carbocycles. The number of hydrogen-bond donors (Lipinski definition) is 0. The molecule has 0 bridgehead atoms. The van der Waals surface area contributed by atoms with Gasteiger partial charge in [0, 0.05) is 31.7 Å². The van der Waals surface area contributed by atoms with Crippen LogP contribution in [0.3, 0.4) is 0 Å². The molecule has 0 radical (unpaired) electrons. The summed E-state index contributed by atoms with van der Waals surface area (Å²) >= 11 is 0. The van der Waals surface area contributed by atoms with E-state index in [9.17, 15) is 9.18 Å². The van der Waals surface area contributed by atoms with E-state index in [-0.39, 0.29) is 11.5 Å². The van der Waals surface area contributed by atoms with Crippen molar-refractivity contribution in [2.45, 2.75) is 13.5 Å². The Labute approximate surface area is 189 Å². The summed E-state index contributed by atoms with van der Waals surface area (Å²) in [7, 11) is 0. The second-order valence-corrected chi connectivity index (χ2v) is 7.88. The van der Waals surface area contributed by atoms with Gasteiger partial charge in [0.25, 0.3) is 11.8 Å². The summed E-state index contributed by atoms with van der Waals surface area (Å²) in [6.45, 7) is 4.51. The smallest absolute Gasteiger partial charge is 0.256 e. The zero-order chi connectivity index (χ0) is 22.8. The molecule has 0 unspecified atom stereocenters. The SMILES string of the molecule is Cc1onc(-c2ccccc2)c1-c1nnc(CN2CCN(C(=O)c3ccccc3F)CC2)o1. The molecule has 2 aromatic heterocycles. The van der Waals surface area contributed by atoms with Crippen LogP contribution in [0.4, 0.5) is 4.39 Å². The first-order valence-electron chi connectivity index (χ1n) is 10.7. The maximum Gasteiger partial charge on any atom is 0.256 e. The van der Waals surface area contributed by atoms with Crippen LogP contribution in [-0.2, 0) is 6.54 Å². The summed E-state index contributed by atoms with van der Waals surface area (Å²) in [5.41, 5.74) is 2.34. The number of aromatic nitrogens is 3. The van der Waals surface area contributed by atoms with Crippen LogP contribution in [-0.4, -0.2) is 57.2 Å². The predicted molar refractivity (Wildman–Crippen MR) is 118 cm³/mol. The number of aryl methyl sites for hydroxylation is 1. The van der Waals surface area contributed by atoms with Crippen molar-refractivity contribution < 1.29 is 18.1 Å². The van der Waals surface area contributed by atoms with Crippen molar-refractivity contribution in [3.05, 3.63) is 77.6 Å². The zero-order valence-corrected chi connectivity index (χ0v) is 18.1. The second kappa shape index (κ2) is 8.95. The lowest BCUT2D eigenvalue weighted by atomic mass is 10.1. The summed E-state index contributed by atoms with van der Waals surface area (Å²) in [5.74, 6) is 0.644. The minimum Gasteiger partial charge on any atom is -0.419 e. The van der Waals surface area contributed by atoms with E-state index in [1.807, 2.05) is 37.3 Å². The first-order chi connectivity index (χ1) is 16.1. The molecule has 1 aliphatic rings. The quantitative estimate of drug-likeness (QED) is 0.460. The van der Waals surface area contributed by atoms with Gasteiger partial charge in [0.2, 0.25) is 5.89 Å². The minimum absolute atomic E-state index is 0.103. The molecular formula is C24H22FN5O3. The summed E-state index contributed by atoms with van der Waals surface area (Å²) in [6, 6.07) is 15.7. The Morgan fingerprint density at radius 2 is 1.73 bits per heavy atom. The Morgan fingerprint density at radius 1 is 1.00 bits per heavy atom. The third-order valence-corrected chi connectivity index (χ3v) is 5.71. The molecule has 168 valence electrons. The first kappa shape index (κ1) is 21.0. The highest BCUT2D eigenvalue weighted by atomic mass is 19.1. The molecule has 5 rings (SSSR count). The van der Waals surface area contributed by atoms with Crippen LogP contribution in [0.25, 0.3) is 22.7 Å². The highest BCUT2D eigenvalue weighted by molar-refractivity contribution is 5.94. The molecule has 0 N–H and O–H groups in total. The van der Waals surface area contributed by atoms with Gasteiger partial charge in [-0.2, -0.15) is 0 Å². The highest BCUT2D eigenvalue weighted by Crippen LogP contribution is 2.33. The maximum atomic E-state index is 13.9. The lowest BCUT2D eigenvalue weighted by Crippen LogP contribution is -2.48. The van der Waals surface area contributed by atoms with Gasteiger partial charge in [0.05, 0.1) is 12.1 Å². The van der Waals surface area contributed by atoms with Crippen molar-refractivity contribution in [3.63, 3.8) is 0 Å². The van der Waals surface area contributed by atoms with Crippen LogP contribution in [0.5, 0.6) is 0 Å². The molecule has 1 aliphatic heterocycles. The number of carbonyl (C=O) groups is 1. The van der Waals surface area contributed by atoms with E-state index in [1.54, 1.807) is 17.0 Å². The fourth-order valence-corrected chi connectivity index (χ4v) is 3.94. The molecule has 0 aliphatic carbocycles. The van der Waals surface area contributed by atoms with Crippen molar-refractivity contribution >= 4 is 5.91 Å². The third kappa shape index (κ3) is 4.27. The molecule has 3 heterocycles.